The van der Waals surface area contributed by atoms with Crippen LogP contribution in [0.5, 0.6) is 0 Å². The Balaban J connectivity index is 1.71. The van der Waals surface area contributed by atoms with Crippen molar-refractivity contribution in [2.75, 3.05) is 6.54 Å². The number of amides is 1. The number of hydrogen-bond donors (Lipinski definition) is 1. The van der Waals surface area contributed by atoms with Crippen molar-refractivity contribution < 1.29 is 4.79 Å². The fourth-order valence-electron chi connectivity index (χ4n) is 3.95. The molecule has 3 heterocycles. The number of halogens is 1. The van der Waals surface area contributed by atoms with E-state index < -0.39 is 0 Å². The quantitative estimate of drug-likeness (QED) is 0.517. The zero-order valence-electron chi connectivity index (χ0n) is 14.4. The maximum absolute atomic E-state index is 13.2. The van der Waals surface area contributed by atoms with Crippen LogP contribution < -0.4 is 0 Å². The van der Waals surface area contributed by atoms with Gasteiger partial charge < -0.3 is 9.88 Å². The molecule has 2 aromatic heterocycles. The van der Waals surface area contributed by atoms with Crippen LogP contribution in [0.15, 0.2) is 59.4 Å². The Morgan fingerprint density at radius 3 is 2.81 bits per heavy atom. The van der Waals surface area contributed by atoms with Gasteiger partial charge in [-0.3, -0.25) is 4.79 Å². The van der Waals surface area contributed by atoms with Gasteiger partial charge in [-0.1, -0.05) is 48.0 Å². The van der Waals surface area contributed by atoms with Gasteiger partial charge in [0.15, 0.2) is 0 Å². The number of fused-ring (bicyclic) bond motifs is 3. The van der Waals surface area contributed by atoms with Gasteiger partial charge in [0.2, 0.25) is 0 Å². The molecule has 1 N–H and O–H groups in total. The van der Waals surface area contributed by atoms with E-state index in [9.17, 15) is 4.79 Å². The topological polar surface area (TPSA) is 49.0 Å². The van der Waals surface area contributed by atoms with Gasteiger partial charge in [0.05, 0.1) is 11.6 Å². The van der Waals surface area contributed by atoms with Gasteiger partial charge in [0, 0.05) is 33.5 Å². The first-order valence-electron chi connectivity index (χ1n) is 8.77. The second-order valence-corrected chi connectivity index (χ2v) is 7.73. The molecule has 2 aromatic carbocycles. The molecule has 0 saturated heterocycles. The standard InChI is InChI=1S/C21H16ClN3OS/c22-16-7-3-1-6-15(16)20-19-14(13-5-2-4-8-17(13)24-19)9-10-25(20)21(26)18-11-27-12-23-18/h1-8,11-12,20,24H,9-10H2/t20-/m0/s1. The number of rotatable bonds is 2. The predicted octanol–water partition coefficient (Wildman–Crippen LogP) is 5.07. The Morgan fingerprint density at radius 1 is 1.19 bits per heavy atom. The van der Waals surface area contributed by atoms with E-state index in [1.807, 2.05) is 41.3 Å². The first kappa shape index (κ1) is 16.5. The Hall–Kier alpha value is -2.63. The molecular weight excluding hydrogens is 378 g/mol. The molecule has 5 rings (SSSR count). The number of aromatic amines is 1. The molecule has 4 aromatic rings. The average Bonchev–Trinajstić information content (AvgIpc) is 3.35. The maximum atomic E-state index is 13.2. The average molecular weight is 394 g/mol. The maximum Gasteiger partial charge on any atom is 0.274 e. The van der Waals surface area contributed by atoms with Crippen LogP contribution in [-0.2, 0) is 6.42 Å². The van der Waals surface area contributed by atoms with Crippen LogP contribution >= 0.6 is 22.9 Å². The molecule has 0 bridgehead atoms. The van der Waals surface area contributed by atoms with E-state index in [4.69, 9.17) is 11.6 Å². The molecule has 27 heavy (non-hydrogen) atoms. The van der Waals surface area contributed by atoms with Crippen LogP contribution in [0.25, 0.3) is 10.9 Å². The second kappa shape index (κ2) is 6.51. The van der Waals surface area contributed by atoms with Gasteiger partial charge in [-0.25, -0.2) is 4.98 Å². The summed E-state index contributed by atoms with van der Waals surface area (Å²) in [4.78, 5) is 22.9. The summed E-state index contributed by atoms with van der Waals surface area (Å²) in [5.41, 5.74) is 6.49. The third-order valence-electron chi connectivity index (χ3n) is 5.15. The molecule has 0 radical (unpaired) electrons. The molecule has 1 aliphatic rings. The van der Waals surface area contributed by atoms with Crippen LogP contribution in [0.3, 0.4) is 0 Å². The number of H-pyrrole nitrogens is 1. The van der Waals surface area contributed by atoms with E-state index in [0.29, 0.717) is 17.3 Å². The van der Waals surface area contributed by atoms with E-state index in [1.54, 1.807) is 10.9 Å². The molecule has 1 amide bonds. The summed E-state index contributed by atoms with van der Waals surface area (Å²) in [5.74, 6) is -0.0644. The lowest BCUT2D eigenvalue weighted by atomic mass is 9.92. The van der Waals surface area contributed by atoms with Gasteiger partial charge >= 0.3 is 0 Å². The zero-order valence-corrected chi connectivity index (χ0v) is 15.9. The number of aromatic nitrogens is 2. The van der Waals surface area contributed by atoms with Crippen LogP contribution in [-0.4, -0.2) is 27.3 Å². The molecule has 4 nitrogen and oxygen atoms in total. The van der Waals surface area contributed by atoms with Crippen LogP contribution in [0.1, 0.15) is 33.4 Å². The fourth-order valence-corrected chi connectivity index (χ4v) is 4.71. The van der Waals surface area contributed by atoms with Gasteiger partial charge in [0.1, 0.15) is 5.69 Å². The third kappa shape index (κ3) is 2.66. The zero-order chi connectivity index (χ0) is 18.4. The number of benzene rings is 2. The number of carbonyl (C=O) groups excluding carboxylic acids is 1. The fraction of sp³-hybridized carbons (Fsp3) is 0.143. The summed E-state index contributed by atoms with van der Waals surface area (Å²) in [6, 6.07) is 15.8. The van der Waals surface area contributed by atoms with Crippen molar-refractivity contribution in [3.05, 3.63) is 87.0 Å². The van der Waals surface area contributed by atoms with Crippen molar-refractivity contribution in [1.82, 2.24) is 14.9 Å². The summed E-state index contributed by atoms with van der Waals surface area (Å²) in [5, 5.41) is 3.67. The normalized spacial score (nSPS) is 16.5. The van der Waals surface area contributed by atoms with Crippen molar-refractivity contribution in [2.45, 2.75) is 12.5 Å². The van der Waals surface area contributed by atoms with Gasteiger partial charge in [-0.05, 0) is 29.7 Å². The first-order chi connectivity index (χ1) is 13.2. The summed E-state index contributed by atoms with van der Waals surface area (Å²) in [7, 11) is 0. The number of nitrogens with zero attached hydrogens (tertiary/aromatic N) is 2. The summed E-state index contributed by atoms with van der Waals surface area (Å²) in [6.45, 7) is 0.626. The third-order valence-corrected chi connectivity index (χ3v) is 6.08. The second-order valence-electron chi connectivity index (χ2n) is 6.61. The Labute approximate surface area is 165 Å². The van der Waals surface area contributed by atoms with Crippen molar-refractivity contribution in [2.24, 2.45) is 0 Å². The molecule has 0 aliphatic carbocycles. The molecule has 0 fully saturated rings. The number of thiazole rings is 1. The minimum Gasteiger partial charge on any atom is -0.356 e. The lowest BCUT2D eigenvalue weighted by Gasteiger charge is -2.36. The summed E-state index contributed by atoms with van der Waals surface area (Å²) >= 11 is 7.98. The lowest BCUT2D eigenvalue weighted by Crippen LogP contribution is -2.40. The molecule has 6 heteroatoms. The monoisotopic (exact) mass is 393 g/mol. The van der Waals surface area contributed by atoms with Gasteiger partial charge in [-0.15, -0.1) is 11.3 Å². The minimum atomic E-state index is -0.260. The highest BCUT2D eigenvalue weighted by atomic mass is 35.5. The Kier molecular flexibility index (Phi) is 3.99. The van der Waals surface area contributed by atoms with E-state index in [0.717, 1.165) is 23.2 Å². The SMILES string of the molecule is O=C(c1cscn1)N1CCc2c([nH]c3ccccc23)[C@@H]1c1ccccc1Cl. The molecule has 1 atom stereocenters. The molecular formula is C21H16ClN3OS. The number of hydrogen-bond acceptors (Lipinski definition) is 3. The Morgan fingerprint density at radius 2 is 2.00 bits per heavy atom. The minimum absolute atomic E-state index is 0.0644. The number of nitrogens with one attached hydrogen (secondary N) is 1. The smallest absolute Gasteiger partial charge is 0.274 e. The first-order valence-corrected chi connectivity index (χ1v) is 10.1. The van der Waals surface area contributed by atoms with Crippen LogP contribution in [0.2, 0.25) is 5.02 Å². The number of para-hydroxylation sites is 1. The van der Waals surface area contributed by atoms with Crippen molar-refractivity contribution >= 4 is 39.7 Å². The van der Waals surface area contributed by atoms with E-state index in [1.165, 1.54) is 22.3 Å². The van der Waals surface area contributed by atoms with E-state index >= 15 is 0 Å². The highest BCUT2D eigenvalue weighted by molar-refractivity contribution is 7.07. The molecule has 1 aliphatic heterocycles. The molecule has 0 unspecified atom stereocenters. The van der Waals surface area contributed by atoms with Crippen LogP contribution in [0.4, 0.5) is 0 Å². The summed E-state index contributed by atoms with van der Waals surface area (Å²) in [6.07, 6.45) is 0.802. The molecule has 134 valence electrons. The van der Waals surface area contributed by atoms with E-state index in [-0.39, 0.29) is 11.9 Å². The Bertz CT molecular complexity index is 1140. The largest absolute Gasteiger partial charge is 0.356 e. The molecule has 0 saturated carbocycles. The van der Waals surface area contributed by atoms with Crippen LogP contribution in [0, 0.1) is 0 Å². The number of carbonyl (C=O) groups is 1. The van der Waals surface area contributed by atoms with Gasteiger partial charge in [-0.2, -0.15) is 0 Å². The van der Waals surface area contributed by atoms with Crippen molar-refractivity contribution in [3.63, 3.8) is 0 Å². The van der Waals surface area contributed by atoms with Crippen molar-refractivity contribution in [3.8, 4) is 0 Å². The molecule has 0 spiro atoms. The van der Waals surface area contributed by atoms with Gasteiger partial charge in [0.25, 0.3) is 5.91 Å². The highest BCUT2D eigenvalue weighted by Gasteiger charge is 2.36. The lowest BCUT2D eigenvalue weighted by molar-refractivity contribution is 0.0687. The highest BCUT2D eigenvalue weighted by Crippen LogP contribution is 2.41. The van der Waals surface area contributed by atoms with E-state index in [2.05, 4.69) is 22.1 Å². The summed E-state index contributed by atoms with van der Waals surface area (Å²) < 4.78 is 0. The predicted molar refractivity (Wildman–Crippen MR) is 108 cm³/mol. The van der Waals surface area contributed by atoms with Crippen molar-refractivity contribution in [1.29, 1.82) is 0 Å².